The van der Waals surface area contributed by atoms with E-state index in [0.29, 0.717) is 12.0 Å². The zero-order valence-corrected chi connectivity index (χ0v) is 13.9. The van der Waals surface area contributed by atoms with Gasteiger partial charge in [0, 0.05) is 45.3 Å². The van der Waals surface area contributed by atoms with Gasteiger partial charge in [-0.1, -0.05) is 13.8 Å². The molecule has 0 spiro atoms. The highest BCUT2D eigenvalue weighted by atomic mass is 16.2. The lowest BCUT2D eigenvalue weighted by atomic mass is 9.99. The Morgan fingerprint density at radius 2 is 1.67 bits per heavy atom. The second-order valence-corrected chi connectivity index (χ2v) is 7.13. The van der Waals surface area contributed by atoms with Gasteiger partial charge < -0.3 is 15.5 Å². The first-order valence-corrected chi connectivity index (χ1v) is 8.44. The lowest BCUT2D eigenvalue weighted by Crippen LogP contribution is -2.54. The summed E-state index contributed by atoms with van der Waals surface area (Å²) < 4.78 is 0. The van der Waals surface area contributed by atoms with E-state index in [1.165, 1.54) is 26.2 Å². The van der Waals surface area contributed by atoms with Crippen molar-refractivity contribution in [3.63, 3.8) is 0 Å². The number of rotatable bonds is 4. The molecular weight excluding hydrogens is 264 g/mol. The monoisotopic (exact) mass is 296 g/mol. The van der Waals surface area contributed by atoms with E-state index < -0.39 is 0 Å². The van der Waals surface area contributed by atoms with Gasteiger partial charge in [-0.25, -0.2) is 0 Å². The molecule has 5 heteroatoms. The standard InChI is InChI=1S/C16H32N4O/c1-13(2)12-15(17)16(21)20-6-4-14(5-7-20)19-10-8-18(3)9-11-19/h13-15H,4-12,17H2,1-3H3/t15-/m0/s1. The number of likely N-dealkylation sites (N-methyl/N-ethyl adjacent to an activating group) is 1. The highest BCUT2D eigenvalue weighted by molar-refractivity contribution is 5.81. The maximum absolute atomic E-state index is 12.3. The summed E-state index contributed by atoms with van der Waals surface area (Å²) >= 11 is 0. The molecule has 0 aromatic carbocycles. The summed E-state index contributed by atoms with van der Waals surface area (Å²) in [7, 11) is 2.19. The van der Waals surface area contributed by atoms with Crippen LogP contribution in [0.15, 0.2) is 0 Å². The highest BCUT2D eigenvalue weighted by Gasteiger charge is 2.30. The Labute approximate surface area is 129 Å². The fourth-order valence-electron chi connectivity index (χ4n) is 3.48. The van der Waals surface area contributed by atoms with Crippen molar-refractivity contribution in [1.82, 2.24) is 14.7 Å². The van der Waals surface area contributed by atoms with Gasteiger partial charge in [-0.3, -0.25) is 9.69 Å². The molecule has 2 saturated heterocycles. The molecule has 1 amide bonds. The maximum atomic E-state index is 12.3. The van der Waals surface area contributed by atoms with Gasteiger partial charge in [0.2, 0.25) is 5.91 Å². The number of nitrogens with two attached hydrogens (primary N) is 1. The number of carbonyl (C=O) groups excluding carboxylic acids is 1. The average molecular weight is 296 g/mol. The highest BCUT2D eigenvalue weighted by Crippen LogP contribution is 2.19. The van der Waals surface area contributed by atoms with Gasteiger partial charge in [0.25, 0.3) is 0 Å². The van der Waals surface area contributed by atoms with Crippen LogP contribution in [0.3, 0.4) is 0 Å². The van der Waals surface area contributed by atoms with Gasteiger partial charge in [0.1, 0.15) is 0 Å². The average Bonchev–Trinajstić information content (AvgIpc) is 2.47. The van der Waals surface area contributed by atoms with E-state index >= 15 is 0 Å². The smallest absolute Gasteiger partial charge is 0.239 e. The van der Waals surface area contributed by atoms with E-state index in [9.17, 15) is 4.79 Å². The fraction of sp³-hybridized carbons (Fsp3) is 0.938. The van der Waals surface area contributed by atoms with Crippen LogP contribution in [0.25, 0.3) is 0 Å². The number of likely N-dealkylation sites (tertiary alicyclic amines) is 1. The van der Waals surface area contributed by atoms with Crippen molar-refractivity contribution in [2.24, 2.45) is 11.7 Å². The third-order valence-electron chi connectivity index (χ3n) is 4.87. The molecule has 2 N–H and O–H groups in total. The lowest BCUT2D eigenvalue weighted by molar-refractivity contribution is -0.134. The van der Waals surface area contributed by atoms with Crippen molar-refractivity contribution in [3.05, 3.63) is 0 Å². The zero-order chi connectivity index (χ0) is 15.4. The van der Waals surface area contributed by atoms with Crippen molar-refractivity contribution in [1.29, 1.82) is 0 Å². The molecular formula is C16H32N4O. The van der Waals surface area contributed by atoms with Crippen LogP contribution < -0.4 is 5.73 Å². The van der Waals surface area contributed by atoms with Gasteiger partial charge in [0.05, 0.1) is 6.04 Å². The summed E-state index contributed by atoms with van der Waals surface area (Å²) in [5.74, 6) is 0.632. The maximum Gasteiger partial charge on any atom is 0.239 e. The molecule has 2 aliphatic rings. The second-order valence-electron chi connectivity index (χ2n) is 7.13. The van der Waals surface area contributed by atoms with Crippen LogP contribution in [-0.4, -0.2) is 79.0 Å². The Morgan fingerprint density at radius 1 is 1.10 bits per heavy atom. The zero-order valence-electron chi connectivity index (χ0n) is 13.9. The van der Waals surface area contributed by atoms with Crippen molar-refractivity contribution < 1.29 is 4.79 Å². The van der Waals surface area contributed by atoms with E-state index in [1.54, 1.807) is 0 Å². The summed E-state index contributed by atoms with van der Waals surface area (Å²) in [5, 5.41) is 0. The summed E-state index contributed by atoms with van der Waals surface area (Å²) in [5.41, 5.74) is 6.03. The van der Waals surface area contributed by atoms with Crippen LogP contribution in [0.5, 0.6) is 0 Å². The first kappa shape index (κ1) is 16.7. The van der Waals surface area contributed by atoms with Crippen LogP contribution >= 0.6 is 0 Å². The first-order valence-electron chi connectivity index (χ1n) is 8.44. The van der Waals surface area contributed by atoms with Gasteiger partial charge in [0.15, 0.2) is 0 Å². The predicted molar refractivity (Wildman–Crippen MR) is 86.1 cm³/mol. The van der Waals surface area contributed by atoms with Crippen LogP contribution in [-0.2, 0) is 4.79 Å². The van der Waals surface area contributed by atoms with Gasteiger partial charge in [-0.2, -0.15) is 0 Å². The number of amides is 1. The molecule has 0 unspecified atom stereocenters. The van der Waals surface area contributed by atoms with E-state index in [2.05, 4.69) is 30.7 Å². The molecule has 1 atom stereocenters. The van der Waals surface area contributed by atoms with Gasteiger partial charge >= 0.3 is 0 Å². The molecule has 2 heterocycles. The first-order chi connectivity index (χ1) is 9.97. The van der Waals surface area contributed by atoms with Crippen LogP contribution in [0.2, 0.25) is 0 Å². The molecule has 0 bridgehead atoms. The largest absolute Gasteiger partial charge is 0.341 e. The van der Waals surface area contributed by atoms with Crippen molar-refractivity contribution >= 4 is 5.91 Å². The number of nitrogens with zero attached hydrogens (tertiary/aromatic N) is 3. The topological polar surface area (TPSA) is 52.8 Å². The third-order valence-corrected chi connectivity index (χ3v) is 4.87. The minimum Gasteiger partial charge on any atom is -0.341 e. The summed E-state index contributed by atoms with van der Waals surface area (Å²) in [6, 6.07) is 0.342. The quantitative estimate of drug-likeness (QED) is 0.825. The van der Waals surface area contributed by atoms with Gasteiger partial charge in [-0.15, -0.1) is 0 Å². The van der Waals surface area contributed by atoms with Crippen LogP contribution in [0.1, 0.15) is 33.1 Å². The molecule has 0 aliphatic carbocycles. The number of piperidine rings is 1. The number of carbonyl (C=O) groups is 1. The van der Waals surface area contributed by atoms with E-state index in [-0.39, 0.29) is 11.9 Å². The Kier molecular flexibility index (Phi) is 6.02. The molecule has 2 fully saturated rings. The molecule has 0 aromatic heterocycles. The Bertz CT molecular complexity index is 331. The summed E-state index contributed by atoms with van der Waals surface area (Å²) in [4.78, 5) is 19.3. The third kappa shape index (κ3) is 4.66. The Hall–Kier alpha value is -0.650. The molecule has 0 saturated carbocycles. The second kappa shape index (κ2) is 7.56. The van der Waals surface area contributed by atoms with Crippen LogP contribution in [0, 0.1) is 5.92 Å². The molecule has 0 radical (unpaired) electrons. The van der Waals surface area contributed by atoms with E-state index in [4.69, 9.17) is 5.73 Å². The minimum absolute atomic E-state index is 0.153. The molecule has 2 rings (SSSR count). The van der Waals surface area contributed by atoms with Crippen molar-refractivity contribution in [3.8, 4) is 0 Å². The van der Waals surface area contributed by atoms with Crippen molar-refractivity contribution in [2.45, 2.75) is 45.2 Å². The van der Waals surface area contributed by atoms with Crippen LogP contribution in [0.4, 0.5) is 0 Å². The molecule has 0 aromatic rings. The summed E-state index contributed by atoms with van der Waals surface area (Å²) in [6.45, 7) is 10.7. The number of piperazine rings is 1. The molecule has 2 aliphatic heterocycles. The summed E-state index contributed by atoms with van der Waals surface area (Å²) in [6.07, 6.45) is 2.99. The minimum atomic E-state index is -0.315. The van der Waals surface area contributed by atoms with E-state index in [1.807, 2.05) is 4.90 Å². The molecule has 5 nitrogen and oxygen atoms in total. The fourth-order valence-corrected chi connectivity index (χ4v) is 3.48. The molecule has 122 valence electrons. The predicted octanol–water partition coefficient (Wildman–Crippen LogP) is 0.598. The van der Waals surface area contributed by atoms with Gasteiger partial charge in [-0.05, 0) is 32.2 Å². The number of hydrogen-bond acceptors (Lipinski definition) is 4. The normalized spacial score (nSPS) is 24.5. The SMILES string of the molecule is CC(C)C[C@H](N)C(=O)N1CCC(N2CCN(C)CC2)CC1. The number of hydrogen-bond donors (Lipinski definition) is 1. The van der Waals surface area contributed by atoms with Crippen molar-refractivity contribution in [2.75, 3.05) is 46.3 Å². The Balaban J connectivity index is 1.76. The van der Waals surface area contributed by atoms with E-state index in [0.717, 1.165) is 32.4 Å². The molecule has 21 heavy (non-hydrogen) atoms. The lowest BCUT2D eigenvalue weighted by Gasteiger charge is -2.42. The Morgan fingerprint density at radius 3 is 2.19 bits per heavy atom.